The first-order valence-electron chi connectivity index (χ1n) is 5.12. The Morgan fingerprint density at radius 3 is 2.67 bits per heavy atom. The molecule has 1 N–H and O–H groups in total. The fourth-order valence-electron chi connectivity index (χ4n) is 1.79. The normalized spacial score (nSPS) is 18.0. The van der Waals surface area contributed by atoms with Gasteiger partial charge in [-0.1, -0.05) is 11.6 Å². The fourth-order valence-corrected chi connectivity index (χ4v) is 1.90. The SMILES string of the molecule is O=C1c2nccnc2[C@H](O)N1c1ccc(Cl)cn1. The molecule has 0 aliphatic carbocycles. The Labute approximate surface area is 107 Å². The molecule has 0 saturated heterocycles. The lowest BCUT2D eigenvalue weighted by Gasteiger charge is -2.18. The fraction of sp³-hybridized carbons (Fsp3) is 0.0909. The van der Waals surface area contributed by atoms with Gasteiger partial charge in [-0.15, -0.1) is 0 Å². The first-order valence-corrected chi connectivity index (χ1v) is 5.50. The van der Waals surface area contributed by atoms with E-state index in [4.69, 9.17) is 11.6 Å². The van der Waals surface area contributed by atoms with E-state index in [0.29, 0.717) is 10.8 Å². The van der Waals surface area contributed by atoms with Crippen LogP contribution in [-0.4, -0.2) is 26.0 Å². The van der Waals surface area contributed by atoms with E-state index in [1.54, 1.807) is 12.1 Å². The van der Waals surface area contributed by atoms with Crippen molar-refractivity contribution in [3.63, 3.8) is 0 Å². The van der Waals surface area contributed by atoms with Gasteiger partial charge in [0.2, 0.25) is 0 Å². The first kappa shape index (κ1) is 11.1. The van der Waals surface area contributed by atoms with E-state index in [2.05, 4.69) is 15.0 Å². The molecule has 0 radical (unpaired) electrons. The molecule has 0 fully saturated rings. The summed E-state index contributed by atoms with van der Waals surface area (Å²) in [6.45, 7) is 0. The second-order valence-corrected chi connectivity index (χ2v) is 4.11. The van der Waals surface area contributed by atoms with Crippen LogP contribution < -0.4 is 4.90 Å². The monoisotopic (exact) mass is 262 g/mol. The first-order chi connectivity index (χ1) is 8.68. The number of fused-ring (bicyclic) bond motifs is 1. The van der Waals surface area contributed by atoms with Crippen LogP contribution in [0.25, 0.3) is 0 Å². The van der Waals surface area contributed by atoms with Gasteiger partial charge in [-0.3, -0.25) is 14.7 Å². The number of pyridine rings is 1. The molecule has 2 aromatic rings. The molecule has 3 heterocycles. The minimum Gasteiger partial charge on any atom is -0.367 e. The lowest BCUT2D eigenvalue weighted by molar-refractivity contribution is 0.0929. The average molecular weight is 263 g/mol. The van der Waals surface area contributed by atoms with Crippen molar-refractivity contribution in [3.8, 4) is 0 Å². The topological polar surface area (TPSA) is 79.2 Å². The molecule has 0 bridgehead atoms. The molecule has 0 saturated carbocycles. The van der Waals surface area contributed by atoms with Crippen LogP contribution in [0.1, 0.15) is 22.4 Å². The van der Waals surface area contributed by atoms with Gasteiger partial charge in [-0.25, -0.2) is 9.97 Å². The zero-order chi connectivity index (χ0) is 12.7. The summed E-state index contributed by atoms with van der Waals surface area (Å²) in [6.07, 6.45) is 3.06. The van der Waals surface area contributed by atoms with Crippen LogP contribution in [0.15, 0.2) is 30.7 Å². The molecule has 0 unspecified atom stereocenters. The number of carbonyl (C=O) groups is 1. The van der Waals surface area contributed by atoms with Crippen LogP contribution in [0.3, 0.4) is 0 Å². The predicted molar refractivity (Wildman–Crippen MR) is 63.0 cm³/mol. The van der Waals surface area contributed by atoms with Crippen molar-refractivity contribution in [2.75, 3.05) is 4.90 Å². The molecule has 1 amide bonds. The maximum absolute atomic E-state index is 12.1. The van der Waals surface area contributed by atoms with Gasteiger partial charge < -0.3 is 5.11 Å². The summed E-state index contributed by atoms with van der Waals surface area (Å²) >= 11 is 5.73. The molecule has 90 valence electrons. The molecule has 0 aromatic carbocycles. The van der Waals surface area contributed by atoms with Crippen LogP contribution >= 0.6 is 11.6 Å². The highest BCUT2D eigenvalue weighted by Crippen LogP contribution is 2.32. The Balaban J connectivity index is 2.06. The van der Waals surface area contributed by atoms with Crippen molar-refractivity contribution in [2.24, 2.45) is 0 Å². The minimum absolute atomic E-state index is 0.141. The second-order valence-electron chi connectivity index (χ2n) is 3.67. The van der Waals surface area contributed by atoms with Crippen LogP contribution in [0.2, 0.25) is 5.02 Å². The van der Waals surface area contributed by atoms with Gasteiger partial charge in [0, 0.05) is 18.6 Å². The highest BCUT2D eigenvalue weighted by Gasteiger charge is 2.39. The predicted octanol–water partition coefficient (Wildman–Crippen LogP) is 1.18. The van der Waals surface area contributed by atoms with Crippen molar-refractivity contribution in [2.45, 2.75) is 6.23 Å². The van der Waals surface area contributed by atoms with Crippen molar-refractivity contribution < 1.29 is 9.90 Å². The van der Waals surface area contributed by atoms with E-state index < -0.39 is 12.1 Å². The molecule has 1 aliphatic rings. The summed E-state index contributed by atoms with van der Waals surface area (Å²) in [5.74, 6) is -0.128. The second kappa shape index (κ2) is 4.01. The zero-order valence-corrected chi connectivity index (χ0v) is 9.74. The third-order valence-electron chi connectivity index (χ3n) is 2.60. The summed E-state index contributed by atoms with van der Waals surface area (Å²) in [5, 5.41) is 10.5. The highest BCUT2D eigenvalue weighted by atomic mass is 35.5. The minimum atomic E-state index is -1.17. The third kappa shape index (κ3) is 1.54. The molecular formula is C11H7ClN4O2. The molecule has 6 nitrogen and oxygen atoms in total. The molecule has 2 aromatic heterocycles. The third-order valence-corrected chi connectivity index (χ3v) is 2.82. The maximum Gasteiger partial charge on any atom is 0.282 e. The maximum atomic E-state index is 12.1. The summed E-state index contributed by atoms with van der Waals surface area (Å²) in [7, 11) is 0. The highest BCUT2D eigenvalue weighted by molar-refractivity contribution is 6.30. The summed E-state index contributed by atoms with van der Waals surface area (Å²) < 4.78 is 0. The number of aliphatic hydroxyl groups is 1. The van der Waals surface area contributed by atoms with Crippen LogP contribution in [-0.2, 0) is 0 Å². The zero-order valence-electron chi connectivity index (χ0n) is 8.99. The number of rotatable bonds is 1. The number of aliphatic hydroxyl groups excluding tert-OH is 1. The van der Waals surface area contributed by atoms with E-state index in [1.807, 2.05) is 0 Å². The van der Waals surface area contributed by atoms with Crippen molar-refractivity contribution in [1.29, 1.82) is 0 Å². The summed E-state index contributed by atoms with van der Waals surface area (Å²) in [6, 6.07) is 3.14. The van der Waals surface area contributed by atoms with Crippen LogP contribution in [0, 0.1) is 0 Å². The molecule has 1 atom stereocenters. The number of hydrogen-bond donors (Lipinski definition) is 1. The Kier molecular flexibility index (Phi) is 2.46. The van der Waals surface area contributed by atoms with Crippen molar-refractivity contribution in [1.82, 2.24) is 15.0 Å². The van der Waals surface area contributed by atoms with Gasteiger partial charge in [0.25, 0.3) is 5.91 Å². The Morgan fingerprint density at radius 2 is 2.00 bits per heavy atom. The van der Waals surface area contributed by atoms with Gasteiger partial charge in [0.15, 0.2) is 11.9 Å². The lowest BCUT2D eigenvalue weighted by Crippen LogP contribution is -2.28. The number of halogens is 1. The van der Waals surface area contributed by atoms with Gasteiger partial charge in [-0.2, -0.15) is 0 Å². The van der Waals surface area contributed by atoms with E-state index in [-0.39, 0.29) is 11.4 Å². The van der Waals surface area contributed by atoms with Crippen molar-refractivity contribution in [3.05, 3.63) is 47.1 Å². The Morgan fingerprint density at radius 1 is 1.22 bits per heavy atom. The molecule has 0 spiro atoms. The van der Waals surface area contributed by atoms with Gasteiger partial charge in [0.1, 0.15) is 11.5 Å². The number of amides is 1. The Bertz CT molecular complexity index is 617. The van der Waals surface area contributed by atoms with E-state index in [9.17, 15) is 9.90 Å². The molecular weight excluding hydrogens is 256 g/mol. The smallest absolute Gasteiger partial charge is 0.282 e. The number of nitrogens with zero attached hydrogens (tertiary/aromatic N) is 4. The van der Waals surface area contributed by atoms with Gasteiger partial charge in [0.05, 0.1) is 5.02 Å². The molecule has 7 heteroatoms. The Hall–Kier alpha value is -2.05. The average Bonchev–Trinajstić information content (AvgIpc) is 2.64. The summed E-state index contributed by atoms with van der Waals surface area (Å²) in [4.78, 5) is 25.1. The van der Waals surface area contributed by atoms with Gasteiger partial charge >= 0.3 is 0 Å². The number of aromatic nitrogens is 3. The van der Waals surface area contributed by atoms with E-state index in [0.717, 1.165) is 4.90 Å². The number of hydrogen-bond acceptors (Lipinski definition) is 5. The molecule has 18 heavy (non-hydrogen) atoms. The standard InChI is InChI=1S/C11H7ClN4O2/c12-6-1-2-7(15-5-6)16-10(17)8-9(11(16)18)14-4-3-13-8/h1-5,10,17H/t10-/m0/s1. The summed E-state index contributed by atoms with van der Waals surface area (Å²) in [5.41, 5.74) is 0.376. The van der Waals surface area contributed by atoms with E-state index >= 15 is 0 Å². The molecule has 3 rings (SSSR count). The molecule has 1 aliphatic heterocycles. The number of anilines is 1. The largest absolute Gasteiger partial charge is 0.367 e. The van der Waals surface area contributed by atoms with Crippen LogP contribution in [0.5, 0.6) is 0 Å². The quantitative estimate of drug-likeness (QED) is 0.835. The van der Waals surface area contributed by atoms with Crippen molar-refractivity contribution >= 4 is 23.3 Å². The number of carbonyl (C=O) groups excluding carboxylic acids is 1. The lowest BCUT2D eigenvalue weighted by atomic mass is 10.3. The van der Waals surface area contributed by atoms with E-state index in [1.165, 1.54) is 18.6 Å². The van der Waals surface area contributed by atoms with Crippen LogP contribution in [0.4, 0.5) is 5.82 Å². The van der Waals surface area contributed by atoms with Gasteiger partial charge in [-0.05, 0) is 12.1 Å².